The molecule has 2 rings (SSSR count). The summed E-state index contributed by atoms with van der Waals surface area (Å²) in [6.07, 6.45) is 5.46. The highest BCUT2D eigenvalue weighted by molar-refractivity contribution is 7.80. The minimum absolute atomic E-state index is 0.358. The average Bonchev–Trinajstić information content (AvgIpc) is 2.24. The molecular formula is C11H16N4S. The lowest BCUT2D eigenvalue weighted by Gasteiger charge is -2.38. The van der Waals surface area contributed by atoms with Gasteiger partial charge in [0.15, 0.2) is 5.82 Å². The van der Waals surface area contributed by atoms with Crippen molar-refractivity contribution in [3.8, 4) is 0 Å². The van der Waals surface area contributed by atoms with Crippen LogP contribution in [0.4, 0.5) is 5.82 Å². The minimum atomic E-state index is 0.358. The van der Waals surface area contributed by atoms with Crippen molar-refractivity contribution in [1.82, 2.24) is 10.2 Å². The summed E-state index contributed by atoms with van der Waals surface area (Å²) in [5.74, 6) is 0.697. The van der Waals surface area contributed by atoms with E-state index in [1.807, 2.05) is 0 Å². The second-order valence-electron chi connectivity index (χ2n) is 4.68. The van der Waals surface area contributed by atoms with Crippen molar-refractivity contribution in [3.05, 3.63) is 17.8 Å². The average molecular weight is 236 g/mol. The molecule has 1 aliphatic carbocycles. The van der Waals surface area contributed by atoms with Crippen LogP contribution in [0.3, 0.4) is 0 Å². The summed E-state index contributed by atoms with van der Waals surface area (Å²) < 4.78 is 0. The lowest BCUT2D eigenvalue weighted by molar-refractivity contribution is 0.179. The fraction of sp³-hybridized carbons (Fsp3) is 0.545. The third-order valence-electron chi connectivity index (χ3n) is 3.23. The Balaban J connectivity index is 2.06. The zero-order valence-corrected chi connectivity index (χ0v) is 10.2. The lowest BCUT2D eigenvalue weighted by Crippen LogP contribution is -2.34. The Bertz CT molecular complexity index is 401. The fourth-order valence-corrected chi connectivity index (χ4v) is 2.08. The smallest absolute Gasteiger partial charge is 0.158 e. The molecule has 1 aromatic rings. The van der Waals surface area contributed by atoms with Crippen molar-refractivity contribution in [2.24, 2.45) is 11.1 Å². The predicted molar refractivity (Wildman–Crippen MR) is 68.4 cm³/mol. The van der Waals surface area contributed by atoms with Crippen molar-refractivity contribution < 1.29 is 0 Å². The van der Waals surface area contributed by atoms with Gasteiger partial charge in [-0.05, 0) is 24.3 Å². The van der Waals surface area contributed by atoms with E-state index in [4.69, 9.17) is 18.0 Å². The largest absolute Gasteiger partial charge is 0.389 e. The number of nitrogens with two attached hydrogens (primary N) is 1. The first-order valence-corrected chi connectivity index (χ1v) is 5.87. The maximum absolute atomic E-state index is 5.62. The molecule has 86 valence electrons. The summed E-state index contributed by atoms with van der Waals surface area (Å²) in [4.78, 5) is 0.358. The maximum atomic E-state index is 5.62. The molecule has 0 spiro atoms. The van der Waals surface area contributed by atoms with Gasteiger partial charge < -0.3 is 11.1 Å². The number of hydrogen-bond acceptors (Lipinski definition) is 4. The van der Waals surface area contributed by atoms with Crippen molar-refractivity contribution in [2.45, 2.75) is 26.2 Å². The second kappa shape index (κ2) is 4.33. The van der Waals surface area contributed by atoms with Crippen LogP contribution in [0.25, 0.3) is 0 Å². The molecule has 0 bridgehead atoms. The van der Waals surface area contributed by atoms with Gasteiger partial charge in [0.25, 0.3) is 0 Å². The van der Waals surface area contributed by atoms with E-state index in [2.05, 4.69) is 22.4 Å². The van der Waals surface area contributed by atoms with Gasteiger partial charge in [0.05, 0.1) is 11.8 Å². The van der Waals surface area contributed by atoms with E-state index in [1.165, 1.54) is 19.3 Å². The molecule has 0 aromatic carbocycles. The van der Waals surface area contributed by atoms with Crippen molar-refractivity contribution in [3.63, 3.8) is 0 Å². The van der Waals surface area contributed by atoms with Crippen LogP contribution in [-0.2, 0) is 0 Å². The fourth-order valence-electron chi connectivity index (χ4n) is 1.92. The molecule has 0 radical (unpaired) electrons. The van der Waals surface area contributed by atoms with Crippen LogP contribution in [0.15, 0.2) is 12.3 Å². The van der Waals surface area contributed by atoms with Crippen molar-refractivity contribution in [2.75, 3.05) is 11.9 Å². The number of hydrogen-bond donors (Lipinski definition) is 2. The van der Waals surface area contributed by atoms with E-state index < -0.39 is 0 Å². The number of rotatable bonds is 4. The molecule has 0 aliphatic heterocycles. The SMILES string of the molecule is CC1(CNc2nnccc2C(N)=S)CCC1. The number of anilines is 1. The molecule has 1 saturated carbocycles. The van der Waals surface area contributed by atoms with Gasteiger partial charge in [0, 0.05) is 6.54 Å². The molecular weight excluding hydrogens is 220 g/mol. The third-order valence-corrected chi connectivity index (χ3v) is 3.45. The molecule has 1 fully saturated rings. The van der Waals surface area contributed by atoms with Crippen LogP contribution in [-0.4, -0.2) is 21.7 Å². The molecule has 4 nitrogen and oxygen atoms in total. The standard InChI is InChI=1S/C11H16N4S/c1-11(4-2-5-11)7-13-10-8(9(12)16)3-6-14-15-10/h3,6H,2,4-5,7H2,1H3,(H2,12,16)(H,13,15). The van der Waals surface area contributed by atoms with E-state index >= 15 is 0 Å². The Morgan fingerprint density at radius 1 is 1.62 bits per heavy atom. The zero-order chi connectivity index (χ0) is 11.6. The van der Waals surface area contributed by atoms with Gasteiger partial charge in [-0.3, -0.25) is 0 Å². The van der Waals surface area contributed by atoms with Gasteiger partial charge in [0.2, 0.25) is 0 Å². The second-order valence-corrected chi connectivity index (χ2v) is 5.12. The van der Waals surface area contributed by atoms with Crippen LogP contribution in [0.1, 0.15) is 31.7 Å². The molecule has 3 N–H and O–H groups in total. The first-order valence-electron chi connectivity index (χ1n) is 5.46. The highest BCUT2D eigenvalue weighted by atomic mass is 32.1. The van der Waals surface area contributed by atoms with Crippen molar-refractivity contribution >= 4 is 23.0 Å². The van der Waals surface area contributed by atoms with Crippen LogP contribution < -0.4 is 11.1 Å². The van der Waals surface area contributed by atoms with Gasteiger partial charge in [-0.1, -0.05) is 25.6 Å². The third kappa shape index (κ3) is 2.29. The summed E-state index contributed by atoms with van der Waals surface area (Å²) >= 11 is 4.97. The molecule has 0 atom stereocenters. The Kier molecular flexibility index (Phi) is 3.05. The first-order chi connectivity index (χ1) is 7.61. The normalized spacial score (nSPS) is 17.6. The molecule has 0 amide bonds. The van der Waals surface area contributed by atoms with Crippen LogP contribution in [0.5, 0.6) is 0 Å². The van der Waals surface area contributed by atoms with Gasteiger partial charge in [-0.25, -0.2) is 0 Å². The molecule has 1 aromatic heterocycles. The van der Waals surface area contributed by atoms with Gasteiger partial charge in [-0.2, -0.15) is 5.10 Å². The number of nitrogens with one attached hydrogen (secondary N) is 1. The van der Waals surface area contributed by atoms with E-state index in [-0.39, 0.29) is 0 Å². The molecule has 16 heavy (non-hydrogen) atoms. The topological polar surface area (TPSA) is 63.8 Å². The summed E-state index contributed by atoms with van der Waals surface area (Å²) in [5.41, 5.74) is 6.79. The molecule has 0 unspecified atom stereocenters. The quantitative estimate of drug-likeness (QED) is 0.779. The number of nitrogens with zero attached hydrogens (tertiary/aromatic N) is 2. The summed E-state index contributed by atoms with van der Waals surface area (Å²) in [6.45, 7) is 3.18. The van der Waals surface area contributed by atoms with Crippen molar-refractivity contribution in [1.29, 1.82) is 0 Å². The van der Waals surface area contributed by atoms with Crippen LogP contribution in [0, 0.1) is 5.41 Å². The number of aromatic nitrogens is 2. The van der Waals surface area contributed by atoms with E-state index in [0.717, 1.165) is 12.1 Å². The molecule has 1 heterocycles. The lowest BCUT2D eigenvalue weighted by atomic mass is 9.70. The Morgan fingerprint density at radius 3 is 2.94 bits per heavy atom. The van der Waals surface area contributed by atoms with Crippen LogP contribution >= 0.6 is 12.2 Å². The summed E-state index contributed by atoms with van der Waals surface area (Å²) in [7, 11) is 0. The Hall–Kier alpha value is -1.23. The maximum Gasteiger partial charge on any atom is 0.158 e. The Labute approximate surface area is 101 Å². The highest BCUT2D eigenvalue weighted by Gasteiger charge is 2.31. The molecule has 1 aliphatic rings. The highest BCUT2D eigenvalue weighted by Crippen LogP contribution is 2.40. The van der Waals surface area contributed by atoms with E-state index in [9.17, 15) is 0 Å². The summed E-state index contributed by atoms with van der Waals surface area (Å²) in [5, 5.41) is 11.2. The monoisotopic (exact) mass is 236 g/mol. The van der Waals surface area contributed by atoms with Gasteiger partial charge >= 0.3 is 0 Å². The molecule has 0 saturated heterocycles. The predicted octanol–water partition coefficient (Wildman–Crippen LogP) is 1.71. The minimum Gasteiger partial charge on any atom is -0.389 e. The zero-order valence-electron chi connectivity index (χ0n) is 9.36. The molecule has 5 heteroatoms. The van der Waals surface area contributed by atoms with Gasteiger partial charge in [0.1, 0.15) is 4.99 Å². The van der Waals surface area contributed by atoms with E-state index in [0.29, 0.717) is 16.2 Å². The Morgan fingerprint density at radius 2 is 2.38 bits per heavy atom. The van der Waals surface area contributed by atoms with E-state index in [1.54, 1.807) is 12.3 Å². The van der Waals surface area contributed by atoms with Gasteiger partial charge in [-0.15, -0.1) is 5.10 Å². The van der Waals surface area contributed by atoms with Crippen LogP contribution in [0.2, 0.25) is 0 Å². The first kappa shape index (κ1) is 11.3. The summed E-state index contributed by atoms with van der Waals surface area (Å²) in [6, 6.07) is 1.79. The number of thiocarbonyl (C=S) groups is 1.